The number of aromatic nitrogens is 1. The topological polar surface area (TPSA) is 42.0 Å². The summed E-state index contributed by atoms with van der Waals surface area (Å²) < 4.78 is 0. The second-order valence-corrected chi connectivity index (χ2v) is 6.38. The third-order valence-electron chi connectivity index (χ3n) is 4.04. The fourth-order valence-corrected chi connectivity index (χ4v) is 2.69. The monoisotopic (exact) mass is 318 g/mol. The van der Waals surface area contributed by atoms with Crippen molar-refractivity contribution in [2.75, 3.05) is 6.54 Å². The second-order valence-electron chi connectivity index (χ2n) is 6.38. The first-order chi connectivity index (χ1) is 11.6. The lowest BCUT2D eigenvalue weighted by atomic mass is 10.0. The van der Waals surface area contributed by atoms with Crippen molar-refractivity contribution in [2.45, 2.75) is 20.3 Å². The van der Waals surface area contributed by atoms with Gasteiger partial charge in [0.1, 0.15) is 0 Å². The Balaban J connectivity index is 2.00. The Bertz CT molecular complexity index is 841. The molecule has 3 aromatic rings. The molecular formula is C21H22N2O. The summed E-state index contributed by atoms with van der Waals surface area (Å²) in [6.07, 6.45) is 0.973. The van der Waals surface area contributed by atoms with Crippen molar-refractivity contribution in [3.63, 3.8) is 0 Å². The average Bonchev–Trinajstić information content (AvgIpc) is 2.61. The minimum absolute atomic E-state index is 0.0357. The molecule has 0 atom stereocenters. The average molecular weight is 318 g/mol. The fourth-order valence-electron chi connectivity index (χ4n) is 2.69. The van der Waals surface area contributed by atoms with Gasteiger partial charge in [-0.2, -0.15) is 0 Å². The van der Waals surface area contributed by atoms with Crippen LogP contribution in [-0.4, -0.2) is 17.4 Å². The van der Waals surface area contributed by atoms with Gasteiger partial charge in [-0.15, -0.1) is 0 Å². The van der Waals surface area contributed by atoms with Gasteiger partial charge in [0.2, 0.25) is 0 Å². The number of para-hydroxylation sites is 1. The highest BCUT2D eigenvalue weighted by Crippen LogP contribution is 2.24. The number of hydrogen-bond acceptors (Lipinski definition) is 2. The highest BCUT2D eigenvalue weighted by molar-refractivity contribution is 6.07. The van der Waals surface area contributed by atoms with E-state index in [9.17, 15) is 4.79 Å². The van der Waals surface area contributed by atoms with E-state index in [1.165, 1.54) is 0 Å². The molecule has 1 aromatic heterocycles. The molecule has 1 N–H and O–H groups in total. The van der Waals surface area contributed by atoms with Crippen LogP contribution in [0.1, 0.15) is 30.6 Å². The van der Waals surface area contributed by atoms with E-state index >= 15 is 0 Å². The summed E-state index contributed by atoms with van der Waals surface area (Å²) in [5.74, 6) is 0.533. The van der Waals surface area contributed by atoms with Crippen molar-refractivity contribution >= 4 is 16.8 Å². The van der Waals surface area contributed by atoms with Gasteiger partial charge in [0, 0.05) is 17.5 Å². The lowest BCUT2D eigenvalue weighted by Crippen LogP contribution is -2.25. The lowest BCUT2D eigenvalue weighted by molar-refractivity contribution is 0.0953. The van der Waals surface area contributed by atoms with Crippen molar-refractivity contribution in [3.8, 4) is 11.3 Å². The number of fused-ring (bicyclic) bond motifs is 1. The zero-order valence-corrected chi connectivity index (χ0v) is 14.1. The molecule has 0 aliphatic rings. The molecule has 0 saturated carbocycles. The molecule has 0 aliphatic carbocycles. The van der Waals surface area contributed by atoms with E-state index < -0.39 is 0 Å². The number of amides is 1. The molecule has 0 saturated heterocycles. The summed E-state index contributed by atoms with van der Waals surface area (Å²) >= 11 is 0. The molecule has 0 radical (unpaired) electrons. The Morgan fingerprint density at radius 3 is 2.50 bits per heavy atom. The van der Waals surface area contributed by atoms with Gasteiger partial charge in [-0.05, 0) is 24.5 Å². The van der Waals surface area contributed by atoms with Gasteiger partial charge in [0.15, 0.2) is 0 Å². The van der Waals surface area contributed by atoms with Crippen molar-refractivity contribution in [3.05, 3.63) is 66.2 Å². The molecule has 2 aromatic carbocycles. The number of hydrogen-bond donors (Lipinski definition) is 1. The molecule has 0 bridgehead atoms. The quantitative estimate of drug-likeness (QED) is 0.742. The number of benzene rings is 2. The minimum Gasteiger partial charge on any atom is -0.352 e. The van der Waals surface area contributed by atoms with Gasteiger partial charge in [-0.1, -0.05) is 62.4 Å². The Hall–Kier alpha value is -2.68. The first-order valence-corrected chi connectivity index (χ1v) is 8.38. The van der Waals surface area contributed by atoms with Gasteiger partial charge >= 0.3 is 0 Å². The number of rotatable bonds is 5. The van der Waals surface area contributed by atoms with Crippen LogP contribution in [0.2, 0.25) is 0 Å². The fraction of sp³-hybridized carbons (Fsp3) is 0.238. The van der Waals surface area contributed by atoms with Gasteiger partial charge in [0.25, 0.3) is 5.91 Å². The van der Waals surface area contributed by atoms with Crippen molar-refractivity contribution < 1.29 is 4.79 Å². The first kappa shape index (κ1) is 16.2. The van der Waals surface area contributed by atoms with E-state index in [0.717, 1.165) is 28.6 Å². The number of nitrogens with one attached hydrogen (secondary N) is 1. The maximum Gasteiger partial charge on any atom is 0.252 e. The molecule has 24 heavy (non-hydrogen) atoms. The normalized spacial score (nSPS) is 11.0. The molecule has 0 aliphatic heterocycles. The van der Waals surface area contributed by atoms with Crippen LogP contribution in [0, 0.1) is 5.92 Å². The third-order valence-corrected chi connectivity index (χ3v) is 4.04. The zero-order chi connectivity index (χ0) is 16.9. The minimum atomic E-state index is -0.0357. The van der Waals surface area contributed by atoms with Crippen LogP contribution in [0.4, 0.5) is 0 Å². The SMILES string of the molecule is CC(C)CCNC(=O)c1cc(-c2ccccc2)nc2ccccc12. The van der Waals surface area contributed by atoms with Crippen LogP contribution in [0.3, 0.4) is 0 Å². The van der Waals surface area contributed by atoms with Gasteiger partial charge in [-0.3, -0.25) is 4.79 Å². The molecule has 1 amide bonds. The van der Waals surface area contributed by atoms with Gasteiger partial charge in [-0.25, -0.2) is 4.98 Å². The number of pyridine rings is 1. The maximum absolute atomic E-state index is 12.7. The Labute approximate surface area is 142 Å². The van der Waals surface area contributed by atoms with Crippen molar-refractivity contribution in [1.29, 1.82) is 0 Å². The lowest BCUT2D eigenvalue weighted by Gasteiger charge is -2.11. The van der Waals surface area contributed by atoms with Gasteiger partial charge in [0.05, 0.1) is 16.8 Å². The number of nitrogens with zero attached hydrogens (tertiary/aromatic N) is 1. The molecule has 0 unspecified atom stereocenters. The van der Waals surface area contributed by atoms with Crippen LogP contribution in [-0.2, 0) is 0 Å². The predicted molar refractivity (Wildman–Crippen MR) is 99.0 cm³/mol. The van der Waals surface area contributed by atoms with Crippen LogP contribution in [0.15, 0.2) is 60.7 Å². The van der Waals surface area contributed by atoms with E-state index in [-0.39, 0.29) is 5.91 Å². The van der Waals surface area contributed by atoms with E-state index in [1.54, 1.807) is 0 Å². The molecule has 0 fully saturated rings. The molecule has 3 nitrogen and oxygen atoms in total. The van der Waals surface area contributed by atoms with Crippen LogP contribution >= 0.6 is 0 Å². The predicted octanol–water partition coefficient (Wildman–Crippen LogP) is 4.68. The first-order valence-electron chi connectivity index (χ1n) is 8.38. The summed E-state index contributed by atoms with van der Waals surface area (Å²) in [4.78, 5) is 17.4. The molecule has 3 heteroatoms. The van der Waals surface area contributed by atoms with Crippen LogP contribution in [0.25, 0.3) is 22.2 Å². The highest BCUT2D eigenvalue weighted by Gasteiger charge is 2.13. The molecule has 122 valence electrons. The van der Waals surface area contributed by atoms with Crippen LogP contribution in [0.5, 0.6) is 0 Å². The number of carbonyl (C=O) groups excluding carboxylic acids is 1. The zero-order valence-electron chi connectivity index (χ0n) is 14.1. The summed E-state index contributed by atoms with van der Waals surface area (Å²) in [6.45, 7) is 5.00. The smallest absolute Gasteiger partial charge is 0.252 e. The molecule has 3 rings (SSSR count). The van der Waals surface area contributed by atoms with Crippen molar-refractivity contribution in [1.82, 2.24) is 10.3 Å². The summed E-state index contributed by atoms with van der Waals surface area (Å²) in [7, 11) is 0. The summed E-state index contributed by atoms with van der Waals surface area (Å²) in [5, 5.41) is 3.92. The van der Waals surface area contributed by atoms with Gasteiger partial charge < -0.3 is 5.32 Å². The van der Waals surface area contributed by atoms with E-state index in [4.69, 9.17) is 4.98 Å². The second kappa shape index (κ2) is 7.26. The Morgan fingerprint density at radius 1 is 1.04 bits per heavy atom. The summed E-state index contributed by atoms with van der Waals surface area (Å²) in [6, 6.07) is 19.6. The standard InChI is InChI=1S/C21H22N2O/c1-15(2)12-13-22-21(24)18-14-20(16-8-4-3-5-9-16)23-19-11-7-6-10-17(18)19/h3-11,14-15H,12-13H2,1-2H3,(H,22,24). The highest BCUT2D eigenvalue weighted by atomic mass is 16.1. The molecular weight excluding hydrogens is 296 g/mol. The molecule has 1 heterocycles. The van der Waals surface area contributed by atoms with E-state index in [2.05, 4.69) is 19.2 Å². The Morgan fingerprint density at radius 2 is 1.75 bits per heavy atom. The third kappa shape index (κ3) is 3.62. The number of carbonyl (C=O) groups is 1. The van der Waals surface area contributed by atoms with E-state index in [1.807, 2.05) is 60.7 Å². The van der Waals surface area contributed by atoms with Crippen LogP contribution < -0.4 is 5.32 Å². The maximum atomic E-state index is 12.7. The summed E-state index contributed by atoms with van der Waals surface area (Å²) in [5.41, 5.74) is 3.36. The Kier molecular flexibility index (Phi) is 4.90. The van der Waals surface area contributed by atoms with Crippen molar-refractivity contribution in [2.24, 2.45) is 5.92 Å². The van der Waals surface area contributed by atoms with E-state index in [0.29, 0.717) is 18.0 Å². The largest absolute Gasteiger partial charge is 0.352 e. The molecule has 0 spiro atoms.